The topological polar surface area (TPSA) is 24.9 Å². The molecule has 0 aliphatic carbocycles. The summed E-state index contributed by atoms with van der Waals surface area (Å²) in [5, 5.41) is 4.76. The number of pyridine rings is 1. The molecule has 0 aliphatic heterocycles. The van der Waals surface area contributed by atoms with Gasteiger partial charge in [0.1, 0.15) is 5.03 Å². The van der Waals surface area contributed by atoms with Crippen molar-refractivity contribution in [2.24, 2.45) is 5.92 Å². The Morgan fingerprint density at radius 1 is 0.900 bits per heavy atom. The molecule has 0 aromatic carbocycles. The summed E-state index contributed by atoms with van der Waals surface area (Å²) in [6, 6.07) is 2.10. The van der Waals surface area contributed by atoms with Crippen LogP contribution < -0.4 is 5.32 Å². The zero-order chi connectivity index (χ0) is 22.0. The van der Waals surface area contributed by atoms with Crippen molar-refractivity contribution in [2.75, 3.05) is 11.1 Å². The number of rotatable bonds is 18. The van der Waals surface area contributed by atoms with E-state index in [1.54, 1.807) is 0 Å². The van der Waals surface area contributed by atoms with Gasteiger partial charge in [-0.1, -0.05) is 104 Å². The van der Waals surface area contributed by atoms with Crippen LogP contribution in [0.15, 0.2) is 17.3 Å². The average molecular weight is 451 g/mol. The van der Waals surface area contributed by atoms with Crippen molar-refractivity contribution in [1.82, 2.24) is 4.98 Å². The van der Waals surface area contributed by atoms with Gasteiger partial charge >= 0.3 is 0 Å². The molecule has 1 rings (SSSR count). The summed E-state index contributed by atoms with van der Waals surface area (Å²) in [5.41, 5.74) is 2.39. The van der Waals surface area contributed by atoms with E-state index in [4.69, 9.17) is 12.2 Å². The molecule has 30 heavy (non-hydrogen) atoms. The third kappa shape index (κ3) is 11.7. The molecule has 1 heterocycles. The van der Waals surface area contributed by atoms with Gasteiger partial charge in [0.05, 0.1) is 10.7 Å². The Morgan fingerprint density at radius 3 is 2.10 bits per heavy atom. The molecule has 0 saturated carbocycles. The molecular weight excluding hydrogens is 404 g/mol. The molecule has 0 saturated heterocycles. The number of thiocarbonyl (C=S) groups is 1. The molecule has 4 heteroatoms. The third-order valence-electron chi connectivity index (χ3n) is 5.79. The van der Waals surface area contributed by atoms with Gasteiger partial charge in [0.2, 0.25) is 0 Å². The first-order chi connectivity index (χ1) is 14.6. The summed E-state index contributed by atoms with van der Waals surface area (Å²) in [4.78, 5) is 5.69. The number of hydrogen-bond acceptors (Lipinski definition) is 3. The molecule has 0 fully saturated rings. The van der Waals surface area contributed by atoms with Crippen molar-refractivity contribution in [3.05, 3.63) is 17.8 Å². The minimum Gasteiger partial charge on any atom is -0.347 e. The Kier molecular flexibility index (Phi) is 16.5. The Hall–Kier alpha value is -0.610. The molecule has 0 bridgehead atoms. The predicted octanol–water partition coefficient (Wildman–Crippen LogP) is 9.36. The number of nitrogens with one attached hydrogen (secondary N) is 1. The highest BCUT2D eigenvalue weighted by atomic mass is 32.2. The van der Waals surface area contributed by atoms with Crippen LogP contribution in [0.2, 0.25) is 0 Å². The van der Waals surface area contributed by atoms with E-state index in [1.807, 2.05) is 18.0 Å². The molecule has 0 amide bonds. The lowest BCUT2D eigenvalue weighted by Gasteiger charge is -2.22. The van der Waals surface area contributed by atoms with Crippen LogP contribution in [-0.4, -0.2) is 15.7 Å². The molecule has 1 N–H and O–H groups in total. The fourth-order valence-electron chi connectivity index (χ4n) is 3.73. The van der Waals surface area contributed by atoms with Crippen molar-refractivity contribution >= 4 is 34.7 Å². The molecule has 1 aromatic rings. The Morgan fingerprint density at radius 2 is 1.47 bits per heavy atom. The predicted molar refractivity (Wildman–Crippen MR) is 141 cm³/mol. The van der Waals surface area contributed by atoms with Crippen LogP contribution in [0.5, 0.6) is 0 Å². The van der Waals surface area contributed by atoms with E-state index in [1.165, 1.54) is 95.5 Å². The molecule has 0 spiro atoms. The van der Waals surface area contributed by atoms with Crippen LogP contribution in [0.1, 0.15) is 116 Å². The van der Waals surface area contributed by atoms with E-state index in [-0.39, 0.29) is 0 Å². The smallest absolute Gasteiger partial charge is 0.120 e. The van der Waals surface area contributed by atoms with E-state index in [0.717, 1.165) is 21.5 Å². The van der Waals surface area contributed by atoms with Crippen LogP contribution in [0, 0.1) is 12.8 Å². The van der Waals surface area contributed by atoms with Crippen molar-refractivity contribution < 1.29 is 0 Å². The lowest BCUT2D eigenvalue weighted by molar-refractivity contribution is 0.491. The Labute approximate surface area is 196 Å². The van der Waals surface area contributed by atoms with Gasteiger partial charge in [-0.15, -0.1) is 11.8 Å². The lowest BCUT2D eigenvalue weighted by atomic mass is 9.94. The summed E-state index contributed by atoms with van der Waals surface area (Å²) in [6.45, 7) is 8.97. The lowest BCUT2D eigenvalue weighted by Crippen LogP contribution is -2.22. The molecule has 1 aromatic heterocycles. The number of anilines is 1. The second kappa shape index (κ2) is 18.0. The van der Waals surface area contributed by atoms with E-state index < -0.39 is 0 Å². The van der Waals surface area contributed by atoms with Gasteiger partial charge in [-0.3, -0.25) is 0 Å². The van der Waals surface area contributed by atoms with Gasteiger partial charge in [-0.25, -0.2) is 4.98 Å². The van der Waals surface area contributed by atoms with Crippen molar-refractivity contribution in [1.29, 1.82) is 0 Å². The first kappa shape index (κ1) is 27.4. The Bertz CT molecular complexity index is 574. The maximum Gasteiger partial charge on any atom is 0.120 e. The summed E-state index contributed by atoms with van der Waals surface area (Å²) < 4.78 is 0. The largest absolute Gasteiger partial charge is 0.347 e. The van der Waals surface area contributed by atoms with Crippen molar-refractivity contribution in [2.45, 2.75) is 123 Å². The molecule has 0 aliphatic rings. The molecule has 2 nitrogen and oxygen atoms in total. The summed E-state index contributed by atoms with van der Waals surface area (Å²) in [5.74, 6) is 1.61. The fourth-order valence-corrected chi connectivity index (χ4v) is 5.18. The van der Waals surface area contributed by atoms with Crippen LogP contribution in [0.3, 0.4) is 0 Å². The van der Waals surface area contributed by atoms with Gasteiger partial charge < -0.3 is 5.32 Å². The highest BCUT2D eigenvalue weighted by Crippen LogP contribution is 2.30. The molecule has 0 radical (unpaired) electrons. The van der Waals surface area contributed by atoms with E-state index in [9.17, 15) is 0 Å². The fraction of sp³-hybridized carbons (Fsp3) is 0.769. The average Bonchev–Trinajstić information content (AvgIpc) is 2.74. The normalized spacial score (nSPS) is 12.1. The molecule has 1 atom stereocenters. The molecule has 172 valence electrons. The highest BCUT2D eigenvalue weighted by molar-refractivity contribution is 7.99. The summed E-state index contributed by atoms with van der Waals surface area (Å²) >= 11 is 7.82. The van der Waals surface area contributed by atoms with Gasteiger partial charge in [0.25, 0.3) is 0 Å². The van der Waals surface area contributed by atoms with Crippen LogP contribution in [0.25, 0.3) is 0 Å². The first-order valence-electron chi connectivity index (χ1n) is 12.5. The van der Waals surface area contributed by atoms with Gasteiger partial charge in [0, 0.05) is 12.1 Å². The number of nitrogens with zero attached hydrogens (tertiary/aromatic N) is 1. The molecular formula is C26H46N2S2. The first-order valence-corrected chi connectivity index (χ1v) is 13.9. The summed E-state index contributed by atoms with van der Waals surface area (Å²) in [7, 11) is 0. The van der Waals surface area contributed by atoms with Crippen LogP contribution in [0.4, 0.5) is 5.69 Å². The number of aromatic nitrogens is 1. The number of unbranched alkanes of at least 4 members (excludes halogenated alkanes) is 9. The summed E-state index contributed by atoms with van der Waals surface area (Å²) in [6.07, 6.45) is 20.2. The quantitative estimate of drug-likeness (QED) is 0.137. The number of thioether (sulfide) groups is 1. The number of aryl methyl sites for hydroxylation is 1. The van der Waals surface area contributed by atoms with E-state index >= 15 is 0 Å². The Balaban J connectivity index is 2.70. The minimum absolute atomic E-state index is 0.496. The maximum atomic E-state index is 5.96. The molecule has 1 unspecified atom stereocenters. The van der Waals surface area contributed by atoms with Gasteiger partial charge in [0.15, 0.2) is 0 Å². The second-order valence-electron chi connectivity index (χ2n) is 8.60. The zero-order valence-corrected chi connectivity index (χ0v) is 21.7. The second-order valence-corrected chi connectivity index (χ2v) is 10.1. The standard InChI is InChI=1S/C26H46N2S2/c1-5-8-11-13-14-16-18-23(17-15-12-9-6-2)25(29)28-24-22(4)19-20-27-26(24)30-21-10-7-3/h19-20,23H,5-18,21H2,1-4H3,(H,28,29). The third-order valence-corrected chi connectivity index (χ3v) is 7.30. The van der Waals surface area contributed by atoms with E-state index in [0.29, 0.717) is 5.92 Å². The zero-order valence-electron chi connectivity index (χ0n) is 20.1. The van der Waals surface area contributed by atoms with E-state index in [2.05, 4.69) is 44.1 Å². The van der Waals surface area contributed by atoms with Gasteiger partial charge in [-0.05, 0) is 43.6 Å². The SMILES string of the molecule is CCCCCCCCC(CCCCCC)C(=S)Nc1c(C)ccnc1SCCCC. The van der Waals surface area contributed by atoms with Crippen molar-refractivity contribution in [3.63, 3.8) is 0 Å². The van der Waals surface area contributed by atoms with Crippen LogP contribution >= 0.6 is 24.0 Å². The monoisotopic (exact) mass is 450 g/mol. The highest BCUT2D eigenvalue weighted by Gasteiger charge is 2.17. The number of hydrogen-bond donors (Lipinski definition) is 1. The van der Waals surface area contributed by atoms with Crippen LogP contribution in [-0.2, 0) is 0 Å². The van der Waals surface area contributed by atoms with Crippen molar-refractivity contribution in [3.8, 4) is 0 Å². The minimum atomic E-state index is 0.496. The van der Waals surface area contributed by atoms with Gasteiger partial charge in [-0.2, -0.15) is 0 Å². The maximum absolute atomic E-state index is 5.96.